The summed E-state index contributed by atoms with van der Waals surface area (Å²) >= 11 is 0. The number of carbonyl (C=O) groups is 4. The number of nitrogens with zero attached hydrogens (tertiary/aromatic N) is 2. The second-order valence-electron chi connectivity index (χ2n) is 4.37. The van der Waals surface area contributed by atoms with Gasteiger partial charge in [0.15, 0.2) is 0 Å². The second-order valence-corrected chi connectivity index (χ2v) is 6.00. The molecule has 0 spiro atoms. The minimum atomic E-state index is -5.58. The van der Waals surface area contributed by atoms with E-state index in [2.05, 4.69) is 0 Å². The van der Waals surface area contributed by atoms with Crippen molar-refractivity contribution in [2.75, 3.05) is 0 Å². The highest BCUT2D eigenvalue weighted by Gasteiger charge is 2.80. The molecule has 0 aromatic rings. The molecule has 0 radical (unpaired) electrons. The van der Waals surface area contributed by atoms with Crippen LogP contribution in [0.5, 0.6) is 0 Å². The molecule has 2 saturated heterocycles. The fourth-order valence-electron chi connectivity index (χ4n) is 2.33. The van der Waals surface area contributed by atoms with E-state index in [9.17, 15) is 37.4 Å². The molecule has 0 saturated carbocycles. The average Bonchev–Trinajstić information content (AvgIpc) is 2.73. The van der Waals surface area contributed by atoms with E-state index in [0.717, 1.165) is 0 Å². The number of hydroxylamine groups is 5. The molecule has 4 amide bonds. The van der Waals surface area contributed by atoms with E-state index in [1.165, 1.54) is 0 Å². The van der Waals surface area contributed by atoms with Crippen molar-refractivity contribution < 1.29 is 47.2 Å². The number of rotatable bonds is 2. The molecule has 2 fully saturated rings. The van der Waals surface area contributed by atoms with Crippen LogP contribution in [0.15, 0.2) is 0 Å². The first-order valence-corrected chi connectivity index (χ1v) is 6.66. The van der Waals surface area contributed by atoms with Gasteiger partial charge in [-0.2, -0.15) is 13.6 Å². The fourth-order valence-corrected chi connectivity index (χ4v) is 3.49. The van der Waals surface area contributed by atoms with Gasteiger partial charge in [-0.05, 0) is 4.65 Å². The van der Waals surface area contributed by atoms with E-state index in [-0.39, 0.29) is 0 Å². The maximum absolute atomic E-state index is 11.8. The summed E-state index contributed by atoms with van der Waals surface area (Å²) < 4.78 is 29.7. The van der Waals surface area contributed by atoms with Gasteiger partial charge in [-0.25, -0.2) is 9.59 Å². The molecule has 0 bridgehead atoms. The molecule has 0 aromatic heterocycles. The minimum Gasteiger partial charge on any atom is -0.280 e. The van der Waals surface area contributed by atoms with E-state index in [4.69, 9.17) is 5.21 Å². The first-order chi connectivity index (χ1) is 9.00. The van der Waals surface area contributed by atoms with Gasteiger partial charge in [0.25, 0.3) is 5.91 Å². The van der Waals surface area contributed by atoms with Crippen LogP contribution in [0.4, 0.5) is 0 Å². The van der Waals surface area contributed by atoms with Crippen LogP contribution in [0.25, 0.3) is 0 Å². The molecule has 110 valence electrons. The third-order valence-electron chi connectivity index (χ3n) is 3.38. The van der Waals surface area contributed by atoms with Gasteiger partial charge >= 0.3 is 32.7 Å². The largest absolute Gasteiger partial charge is 0.357 e. The van der Waals surface area contributed by atoms with Gasteiger partial charge in [-0.1, -0.05) is 0 Å². The van der Waals surface area contributed by atoms with Gasteiger partial charge in [0.1, 0.15) is 6.42 Å². The molecule has 20 heavy (non-hydrogen) atoms. The first-order valence-electron chi connectivity index (χ1n) is 5.22. The summed E-state index contributed by atoms with van der Waals surface area (Å²) in [6, 6.07) is 0. The molecule has 0 aromatic carbocycles. The van der Waals surface area contributed by atoms with Crippen molar-refractivity contribution in [2.45, 2.75) is 24.1 Å². The summed E-state index contributed by atoms with van der Waals surface area (Å²) in [6.45, 7) is 0. The molecule has 0 aliphatic carbocycles. The third kappa shape index (κ3) is 1.39. The van der Waals surface area contributed by atoms with Gasteiger partial charge in [-0.15, -0.1) is 5.06 Å². The lowest BCUT2D eigenvalue weighted by atomic mass is 10.2. The summed E-state index contributed by atoms with van der Waals surface area (Å²) in [7, 11) is -5.58. The summed E-state index contributed by atoms with van der Waals surface area (Å²) in [4.78, 5) is 42.9. The van der Waals surface area contributed by atoms with Gasteiger partial charge in [0, 0.05) is 0 Å². The van der Waals surface area contributed by atoms with Crippen LogP contribution in [0, 0.1) is 0 Å². The first kappa shape index (κ1) is 14.7. The summed E-state index contributed by atoms with van der Waals surface area (Å²) in [5.74, 6) is -6.18. The van der Waals surface area contributed by atoms with Crippen LogP contribution in [-0.2, 0) is 29.3 Å². The van der Waals surface area contributed by atoms with Gasteiger partial charge in [-0.3, -0.25) is 19.3 Å². The van der Waals surface area contributed by atoms with Crippen LogP contribution >= 0.6 is 0 Å². The summed E-state index contributed by atoms with van der Waals surface area (Å²) in [6.07, 6.45) is -2.58. The highest BCUT2D eigenvalue weighted by atomic mass is 32.2. The highest BCUT2D eigenvalue weighted by Crippen LogP contribution is 2.42. The van der Waals surface area contributed by atoms with E-state index >= 15 is 0 Å². The van der Waals surface area contributed by atoms with Crippen molar-refractivity contribution in [1.29, 1.82) is 0 Å². The van der Waals surface area contributed by atoms with Crippen LogP contribution < -0.4 is 0 Å². The molecule has 2 aliphatic rings. The van der Waals surface area contributed by atoms with Crippen molar-refractivity contribution in [3.8, 4) is 0 Å². The predicted molar refractivity (Wildman–Crippen MR) is 53.8 cm³/mol. The van der Waals surface area contributed by atoms with E-state index in [1.807, 2.05) is 0 Å². The average molecular weight is 309 g/mol. The lowest BCUT2D eigenvalue weighted by Crippen LogP contribution is -2.71. The van der Waals surface area contributed by atoms with Gasteiger partial charge in [0.05, 0.1) is 12.8 Å². The lowest BCUT2D eigenvalue weighted by Gasteiger charge is -2.32. The third-order valence-corrected chi connectivity index (χ3v) is 4.81. The molecule has 2 heterocycles. The Hall–Kier alpha value is -1.73. The monoisotopic (exact) mass is 309 g/mol. The molecule has 2 rings (SSSR count). The standard InChI is InChI=1S/C8H8N2O9S/c11-4-3-8(20(17,18)19,7(14)9(4)15)10(16)5(12)1-2-6(10)13/h15-16H,1-3H2/p+1. The number of hydrogen-bond acceptors (Lipinski definition) is 8. The number of carbonyl (C=O) groups excluding carboxylic acids is 4. The van der Waals surface area contributed by atoms with Crippen molar-refractivity contribution in [3.63, 3.8) is 0 Å². The zero-order valence-electron chi connectivity index (χ0n) is 9.72. The quantitative estimate of drug-likeness (QED) is 0.221. The van der Waals surface area contributed by atoms with Crippen molar-refractivity contribution >= 4 is 33.7 Å². The summed E-state index contributed by atoms with van der Waals surface area (Å²) in [5.41, 5.74) is 0. The molecular formula is C8H9N2O9S+. The Morgan fingerprint density at radius 1 is 1.10 bits per heavy atom. The van der Waals surface area contributed by atoms with Crippen LogP contribution in [0.1, 0.15) is 19.3 Å². The second kappa shape index (κ2) is 3.89. The molecular weight excluding hydrogens is 300 g/mol. The zero-order valence-corrected chi connectivity index (χ0v) is 10.5. The van der Waals surface area contributed by atoms with Crippen molar-refractivity contribution in [1.82, 2.24) is 5.06 Å². The number of quaternary nitrogens is 1. The topological polar surface area (TPSA) is 166 Å². The fraction of sp³-hybridized carbons (Fsp3) is 0.500. The number of amides is 4. The Bertz CT molecular complexity index is 637. The molecule has 2 aliphatic heterocycles. The van der Waals surface area contributed by atoms with E-state index in [1.54, 1.807) is 0 Å². The Labute approximate surface area is 111 Å². The van der Waals surface area contributed by atoms with Crippen molar-refractivity contribution in [2.24, 2.45) is 0 Å². The number of imide groups is 2. The highest BCUT2D eigenvalue weighted by molar-refractivity contribution is 7.88. The smallest absolute Gasteiger partial charge is 0.280 e. The molecule has 1 atom stereocenters. The Morgan fingerprint density at radius 3 is 1.85 bits per heavy atom. The van der Waals surface area contributed by atoms with E-state index < -0.39 is 67.6 Å². The van der Waals surface area contributed by atoms with Crippen LogP contribution in [-0.4, -0.2) is 61.6 Å². The van der Waals surface area contributed by atoms with Gasteiger partial charge < -0.3 is 0 Å². The normalized spacial score (nSPS) is 30.4. The maximum Gasteiger partial charge on any atom is 0.357 e. The molecule has 1 unspecified atom stereocenters. The van der Waals surface area contributed by atoms with E-state index in [0.29, 0.717) is 0 Å². The minimum absolute atomic E-state index is 0.570. The number of likely N-dealkylation sites (tertiary alicyclic amines) is 1. The number of hydrogen-bond donors (Lipinski definition) is 3. The van der Waals surface area contributed by atoms with Crippen LogP contribution in [0.3, 0.4) is 0 Å². The Balaban J connectivity index is 2.81. The Kier molecular flexibility index (Phi) is 2.86. The Morgan fingerprint density at radius 2 is 1.55 bits per heavy atom. The van der Waals surface area contributed by atoms with Crippen molar-refractivity contribution in [3.05, 3.63) is 0 Å². The van der Waals surface area contributed by atoms with Gasteiger partial charge in [0.2, 0.25) is 0 Å². The molecule has 11 nitrogen and oxygen atoms in total. The molecule has 12 heteroatoms. The SMILES string of the molecule is O=C1CC([N+]2(O)C(=O)CCC2=O)(S(=O)(=O)O)C(=O)N1O. The summed E-state index contributed by atoms with van der Waals surface area (Å²) in [5, 5.41) is 18.6. The maximum atomic E-state index is 11.8. The zero-order chi connectivity index (χ0) is 15.5. The lowest BCUT2D eigenvalue weighted by molar-refractivity contribution is -0.992. The predicted octanol–water partition coefficient (Wildman–Crippen LogP) is -2.23. The molecule has 3 N–H and O–H groups in total. The van der Waals surface area contributed by atoms with Crippen LogP contribution in [0.2, 0.25) is 0 Å².